The van der Waals surface area contributed by atoms with Crippen molar-refractivity contribution >= 4 is 23.2 Å². The fourth-order valence-electron chi connectivity index (χ4n) is 2.53. The molecule has 110 valence electrons. The van der Waals surface area contributed by atoms with E-state index in [0.717, 1.165) is 17.1 Å². The molecule has 1 aliphatic rings. The summed E-state index contributed by atoms with van der Waals surface area (Å²) in [6.07, 6.45) is 2.47. The van der Waals surface area contributed by atoms with E-state index >= 15 is 0 Å². The predicted molar refractivity (Wildman–Crippen MR) is 76.7 cm³/mol. The molecule has 2 rings (SSSR count). The van der Waals surface area contributed by atoms with Gasteiger partial charge in [-0.3, -0.25) is 9.59 Å². The summed E-state index contributed by atoms with van der Waals surface area (Å²) < 4.78 is 0. The molecule has 1 amide bonds. The molecule has 0 aliphatic carbocycles. The standard InChI is InChI=1S/C14H20N2O3S/c1-9-8-20-12(15-9)5-6-13(17)16-7-11(14(18)19)4-3-10(16)2/h8,10-11H,3-7H2,1-2H3,(H,18,19). The number of carbonyl (C=O) groups is 2. The number of rotatable bonds is 4. The molecule has 0 saturated carbocycles. The van der Waals surface area contributed by atoms with Crippen LogP contribution in [0.3, 0.4) is 0 Å². The van der Waals surface area contributed by atoms with E-state index in [2.05, 4.69) is 4.98 Å². The van der Waals surface area contributed by atoms with Crippen molar-refractivity contribution in [2.24, 2.45) is 5.92 Å². The topological polar surface area (TPSA) is 70.5 Å². The number of carboxylic acids is 1. The van der Waals surface area contributed by atoms with Crippen molar-refractivity contribution in [3.8, 4) is 0 Å². The first-order valence-corrected chi connectivity index (χ1v) is 7.78. The summed E-state index contributed by atoms with van der Waals surface area (Å²) in [5.74, 6) is -1.18. The van der Waals surface area contributed by atoms with E-state index in [9.17, 15) is 9.59 Å². The molecule has 1 fully saturated rings. The van der Waals surface area contributed by atoms with Gasteiger partial charge >= 0.3 is 5.97 Å². The lowest BCUT2D eigenvalue weighted by Gasteiger charge is -2.36. The first kappa shape index (κ1) is 15.0. The highest BCUT2D eigenvalue weighted by atomic mass is 32.1. The average Bonchev–Trinajstić information content (AvgIpc) is 2.82. The van der Waals surface area contributed by atoms with Crippen LogP contribution in [0.25, 0.3) is 0 Å². The normalized spacial score (nSPS) is 22.8. The lowest BCUT2D eigenvalue weighted by molar-refractivity contribution is -0.147. The Morgan fingerprint density at radius 3 is 2.85 bits per heavy atom. The zero-order valence-electron chi connectivity index (χ0n) is 11.8. The molecule has 0 bridgehead atoms. The van der Waals surface area contributed by atoms with Crippen LogP contribution >= 0.6 is 11.3 Å². The van der Waals surface area contributed by atoms with Crippen molar-refractivity contribution in [3.05, 3.63) is 16.1 Å². The molecule has 0 spiro atoms. The van der Waals surface area contributed by atoms with Gasteiger partial charge in [0.1, 0.15) is 0 Å². The van der Waals surface area contributed by atoms with Gasteiger partial charge in [-0.1, -0.05) is 0 Å². The first-order chi connectivity index (χ1) is 9.47. The Morgan fingerprint density at radius 1 is 1.50 bits per heavy atom. The number of aryl methyl sites for hydroxylation is 2. The van der Waals surface area contributed by atoms with E-state index in [4.69, 9.17) is 5.11 Å². The fraction of sp³-hybridized carbons (Fsp3) is 0.643. The number of carbonyl (C=O) groups excluding carboxylic acids is 1. The third kappa shape index (κ3) is 3.56. The summed E-state index contributed by atoms with van der Waals surface area (Å²) in [5, 5.41) is 12.0. The number of piperidine rings is 1. The zero-order valence-corrected chi connectivity index (χ0v) is 12.7. The van der Waals surface area contributed by atoms with Crippen molar-refractivity contribution in [2.45, 2.75) is 45.6 Å². The number of aromatic nitrogens is 1. The molecule has 2 heterocycles. The molecule has 1 aromatic rings. The fourth-order valence-corrected chi connectivity index (χ4v) is 3.31. The molecule has 2 unspecified atom stereocenters. The maximum absolute atomic E-state index is 12.3. The van der Waals surface area contributed by atoms with Gasteiger partial charge in [0.2, 0.25) is 5.91 Å². The van der Waals surface area contributed by atoms with Crippen LogP contribution in [-0.2, 0) is 16.0 Å². The van der Waals surface area contributed by atoms with Gasteiger partial charge in [0.25, 0.3) is 0 Å². The number of hydrogen-bond acceptors (Lipinski definition) is 4. The number of likely N-dealkylation sites (tertiary alicyclic amines) is 1. The lowest BCUT2D eigenvalue weighted by Crippen LogP contribution is -2.47. The SMILES string of the molecule is Cc1csc(CCC(=O)N2CC(C(=O)O)CCC2C)n1. The Hall–Kier alpha value is -1.43. The van der Waals surface area contributed by atoms with Crippen LogP contribution in [0.5, 0.6) is 0 Å². The Kier molecular flexibility index (Phi) is 4.75. The van der Waals surface area contributed by atoms with E-state index in [1.54, 1.807) is 16.2 Å². The molecule has 0 aromatic carbocycles. The minimum Gasteiger partial charge on any atom is -0.481 e. The summed E-state index contributed by atoms with van der Waals surface area (Å²) in [6, 6.07) is 0.135. The third-order valence-electron chi connectivity index (χ3n) is 3.77. The molecule has 5 nitrogen and oxygen atoms in total. The lowest BCUT2D eigenvalue weighted by atomic mass is 9.93. The highest BCUT2D eigenvalue weighted by Gasteiger charge is 2.32. The maximum atomic E-state index is 12.3. The number of amides is 1. The Labute approximate surface area is 122 Å². The Balaban J connectivity index is 1.91. The average molecular weight is 296 g/mol. The quantitative estimate of drug-likeness (QED) is 0.923. The summed E-state index contributed by atoms with van der Waals surface area (Å²) in [6.45, 7) is 4.27. The van der Waals surface area contributed by atoms with E-state index in [-0.39, 0.29) is 11.9 Å². The largest absolute Gasteiger partial charge is 0.481 e. The zero-order chi connectivity index (χ0) is 14.7. The molecule has 1 saturated heterocycles. The second kappa shape index (κ2) is 6.35. The van der Waals surface area contributed by atoms with Crippen molar-refractivity contribution in [1.29, 1.82) is 0 Å². The molecule has 0 radical (unpaired) electrons. The molecule has 2 atom stereocenters. The Bertz CT molecular complexity index is 500. The minimum absolute atomic E-state index is 0.0382. The molecule has 1 N–H and O–H groups in total. The van der Waals surface area contributed by atoms with Crippen LogP contribution in [0.2, 0.25) is 0 Å². The minimum atomic E-state index is -0.801. The van der Waals surface area contributed by atoms with Gasteiger partial charge in [-0.25, -0.2) is 4.98 Å². The van der Waals surface area contributed by atoms with Crippen LogP contribution in [0, 0.1) is 12.8 Å². The Morgan fingerprint density at radius 2 is 2.25 bits per heavy atom. The number of hydrogen-bond donors (Lipinski definition) is 1. The molecule has 6 heteroatoms. The second-order valence-electron chi connectivity index (χ2n) is 5.39. The van der Waals surface area contributed by atoms with Crippen LogP contribution in [0.15, 0.2) is 5.38 Å². The van der Waals surface area contributed by atoms with Gasteiger partial charge in [0.15, 0.2) is 0 Å². The second-order valence-corrected chi connectivity index (χ2v) is 6.33. The summed E-state index contributed by atoms with van der Waals surface area (Å²) >= 11 is 1.57. The number of thiazole rings is 1. The first-order valence-electron chi connectivity index (χ1n) is 6.90. The van der Waals surface area contributed by atoms with E-state index < -0.39 is 11.9 Å². The summed E-state index contributed by atoms with van der Waals surface area (Å²) in [5.41, 5.74) is 0.981. The van der Waals surface area contributed by atoms with Crippen molar-refractivity contribution in [1.82, 2.24) is 9.88 Å². The van der Waals surface area contributed by atoms with Gasteiger partial charge in [-0.15, -0.1) is 11.3 Å². The van der Waals surface area contributed by atoms with Gasteiger partial charge in [0, 0.05) is 36.5 Å². The van der Waals surface area contributed by atoms with Gasteiger partial charge in [-0.2, -0.15) is 0 Å². The molecule has 1 aliphatic heterocycles. The molecule has 20 heavy (non-hydrogen) atoms. The molecule has 1 aromatic heterocycles. The van der Waals surface area contributed by atoms with E-state index in [1.165, 1.54) is 0 Å². The van der Waals surface area contributed by atoms with Crippen molar-refractivity contribution < 1.29 is 14.7 Å². The van der Waals surface area contributed by atoms with E-state index in [0.29, 0.717) is 25.8 Å². The van der Waals surface area contributed by atoms with Crippen LogP contribution < -0.4 is 0 Å². The molecular formula is C14H20N2O3S. The predicted octanol–water partition coefficient (Wildman–Crippen LogP) is 2.10. The summed E-state index contributed by atoms with van der Waals surface area (Å²) in [7, 11) is 0. The van der Waals surface area contributed by atoms with Crippen LogP contribution in [0.4, 0.5) is 0 Å². The van der Waals surface area contributed by atoms with Gasteiger partial charge in [0.05, 0.1) is 10.9 Å². The van der Waals surface area contributed by atoms with Crippen molar-refractivity contribution in [2.75, 3.05) is 6.54 Å². The number of aliphatic carboxylic acids is 1. The van der Waals surface area contributed by atoms with Gasteiger partial charge in [-0.05, 0) is 26.7 Å². The highest BCUT2D eigenvalue weighted by molar-refractivity contribution is 7.09. The third-order valence-corrected chi connectivity index (χ3v) is 4.80. The van der Waals surface area contributed by atoms with E-state index in [1.807, 2.05) is 19.2 Å². The smallest absolute Gasteiger partial charge is 0.308 e. The number of nitrogens with zero attached hydrogens (tertiary/aromatic N) is 2. The van der Waals surface area contributed by atoms with Crippen molar-refractivity contribution in [3.63, 3.8) is 0 Å². The maximum Gasteiger partial charge on any atom is 0.308 e. The number of carboxylic acid groups (broad SMARTS) is 1. The molecular weight excluding hydrogens is 276 g/mol. The highest BCUT2D eigenvalue weighted by Crippen LogP contribution is 2.23. The van der Waals surface area contributed by atoms with Crippen LogP contribution in [-0.4, -0.2) is 39.5 Å². The summed E-state index contributed by atoms with van der Waals surface area (Å²) in [4.78, 5) is 29.4. The monoisotopic (exact) mass is 296 g/mol. The van der Waals surface area contributed by atoms with Gasteiger partial charge < -0.3 is 10.0 Å². The van der Waals surface area contributed by atoms with Crippen LogP contribution in [0.1, 0.15) is 36.9 Å².